The van der Waals surface area contributed by atoms with E-state index in [1.807, 2.05) is 0 Å². The zero-order valence-electron chi connectivity index (χ0n) is 15.8. The van der Waals surface area contributed by atoms with Crippen LogP contribution in [0.25, 0.3) is 11.3 Å². The Kier molecular flexibility index (Phi) is 3.45. The molecule has 1 aromatic carbocycles. The van der Waals surface area contributed by atoms with E-state index in [4.69, 9.17) is 4.42 Å². The quantitative estimate of drug-likeness (QED) is 0.256. The van der Waals surface area contributed by atoms with E-state index >= 15 is 0 Å². The molecule has 1 saturated heterocycles. The molecule has 0 unspecified atom stereocenters. The Bertz CT molecular complexity index is 1130. The van der Waals surface area contributed by atoms with Crippen LogP contribution in [0.15, 0.2) is 58.1 Å². The van der Waals surface area contributed by atoms with E-state index in [0.717, 1.165) is 11.4 Å². The van der Waals surface area contributed by atoms with Gasteiger partial charge in [0, 0.05) is 17.7 Å². The van der Waals surface area contributed by atoms with Crippen molar-refractivity contribution in [1.82, 2.24) is 5.01 Å². The number of benzene rings is 1. The molecule has 0 radical (unpaired) electrons. The summed E-state index contributed by atoms with van der Waals surface area (Å²) in [6, 6.07) is 9.44. The first-order valence-corrected chi connectivity index (χ1v) is 9.98. The molecule has 5 aliphatic rings. The largest absolute Gasteiger partial charge is 0.455 e. The van der Waals surface area contributed by atoms with E-state index in [-0.39, 0.29) is 41.2 Å². The predicted molar refractivity (Wildman–Crippen MR) is 105 cm³/mol. The second-order valence-electron chi connectivity index (χ2n) is 8.40. The van der Waals surface area contributed by atoms with Crippen molar-refractivity contribution in [3.63, 3.8) is 0 Å². The Morgan fingerprint density at radius 2 is 1.77 bits per heavy atom. The highest BCUT2D eigenvalue weighted by molar-refractivity contribution is 6.06. The third-order valence-corrected chi connectivity index (χ3v) is 6.91. The fourth-order valence-corrected chi connectivity index (χ4v) is 5.52. The molecule has 1 aliphatic heterocycles. The molecule has 2 bridgehead atoms. The van der Waals surface area contributed by atoms with Crippen LogP contribution >= 0.6 is 0 Å². The molecular weight excluding hydrogens is 386 g/mol. The van der Waals surface area contributed by atoms with E-state index in [1.54, 1.807) is 24.3 Å². The van der Waals surface area contributed by atoms with Crippen molar-refractivity contribution in [2.75, 3.05) is 0 Å². The molecule has 8 nitrogen and oxygen atoms in total. The van der Waals surface area contributed by atoms with Gasteiger partial charge in [-0.05, 0) is 42.2 Å². The van der Waals surface area contributed by atoms with Gasteiger partial charge in [-0.15, -0.1) is 0 Å². The van der Waals surface area contributed by atoms with Crippen molar-refractivity contribution < 1.29 is 18.9 Å². The minimum atomic E-state index is -0.467. The van der Waals surface area contributed by atoms with Crippen LogP contribution in [0.1, 0.15) is 12.2 Å². The van der Waals surface area contributed by atoms with Crippen LogP contribution in [-0.2, 0) is 9.59 Å². The minimum absolute atomic E-state index is 0.0312. The number of hydrogen-bond acceptors (Lipinski definition) is 6. The molecule has 0 N–H and O–H groups in total. The Hall–Kier alpha value is -3.55. The number of imide groups is 1. The van der Waals surface area contributed by atoms with Crippen molar-refractivity contribution in [2.24, 2.45) is 40.6 Å². The summed E-state index contributed by atoms with van der Waals surface area (Å²) >= 11 is 0. The van der Waals surface area contributed by atoms with Crippen LogP contribution < -0.4 is 0 Å². The highest BCUT2D eigenvalue weighted by atomic mass is 16.6. The fraction of sp³-hybridized carbons (Fsp3) is 0.318. The highest BCUT2D eigenvalue weighted by Gasteiger charge is 2.67. The van der Waals surface area contributed by atoms with Gasteiger partial charge in [0.05, 0.1) is 23.0 Å². The molecule has 150 valence electrons. The molecule has 4 aliphatic carbocycles. The molecular formula is C22H17N3O5. The maximum absolute atomic E-state index is 12.9. The minimum Gasteiger partial charge on any atom is -0.455 e. The third kappa shape index (κ3) is 2.36. The van der Waals surface area contributed by atoms with Gasteiger partial charge in [-0.25, -0.2) is 0 Å². The van der Waals surface area contributed by atoms with Crippen LogP contribution in [0.3, 0.4) is 0 Å². The third-order valence-electron chi connectivity index (χ3n) is 6.91. The summed E-state index contributed by atoms with van der Waals surface area (Å²) in [5, 5.41) is 16.1. The lowest BCUT2D eigenvalue weighted by Crippen LogP contribution is -2.40. The van der Waals surface area contributed by atoms with E-state index < -0.39 is 4.92 Å². The Labute approximate surface area is 171 Å². The summed E-state index contributed by atoms with van der Waals surface area (Å²) in [5.41, 5.74) is 0.529. The first kappa shape index (κ1) is 17.3. The number of nitrogens with zero attached hydrogens (tertiary/aromatic N) is 3. The number of nitro benzene ring substituents is 1. The number of hydrazone groups is 1. The number of carbonyl (C=O) groups excluding carboxylic acids is 2. The normalized spacial score (nSPS) is 33.3. The molecule has 3 fully saturated rings. The molecule has 1 aromatic heterocycles. The zero-order chi connectivity index (χ0) is 20.6. The van der Waals surface area contributed by atoms with E-state index in [2.05, 4.69) is 17.3 Å². The van der Waals surface area contributed by atoms with E-state index in [9.17, 15) is 19.7 Å². The second-order valence-corrected chi connectivity index (χ2v) is 8.40. The first-order chi connectivity index (χ1) is 14.5. The van der Waals surface area contributed by atoms with Gasteiger partial charge >= 0.3 is 0 Å². The van der Waals surface area contributed by atoms with Gasteiger partial charge in [0.25, 0.3) is 17.5 Å². The Balaban J connectivity index is 1.24. The number of non-ortho nitro benzene ring substituents is 1. The van der Waals surface area contributed by atoms with Gasteiger partial charge in [-0.2, -0.15) is 10.1 Å². The number of carbonyl (C=O) groups is 2. The predicted octanol–water partition coefficient (Wildman–Crippen LogP) is 3.24. The number of hydrogen-bond donors (Lipinski definition) is 0. The number of furan rings is 1. The van der Waals surface area contributed by atoms with Crippen molar-refractivity contribution in [2.45, 2.75) is 6.42 Å². The lowest BCUT2D eigenvalue weighted by Gasteiger charge is -2.37. The van der Waals surface area contributed by atoms with E-state index in [1.165, 1.54) is 18.3 Å². The van der Waals surface area contributed by atoms with Gasteiger partial charge in [-0.3, -0.25) is 19.7 Å². The monoisotopic (exact) mass is 403 g/mol. The Morgan fingerprint density at radius 1 is 1.07 bits per heavy atom. The molecule has 6 atom stereocenters. The SMILES string of the molecule is O=C1[C@@H]2[C@@H]3C=C[C@H]([C@H]4C[C@@H]34)[C@@H]2C(=O)N1/N=C\c1ccc(-c2cccc([N+](=O)[O-])c2)o1. The van der Waals surface area contributed by atoms with Crippen LogP contribution in [-0.4, -0.2) is 28.0 Å². The summed E-state index contributed by atoms with van der Waals surface area (Å²) < 4.78 is 5.70. The molecule has 2 saturated carbocycles. The van der Waals surface area contributed by atoms with Gasteiger partial charge in [0.1, 0.15) is 11.5 Å². The first-order valence-electron chi connectivity index (χ1n) is 9.98. The topological polar surface area (TPSA) is 106 Å². The summed E-state index contributed by atoms with van der Waals surface area (Å²) in [6.07, 6.45) is 6.71. The van der Waals surface area contributed by atoms with Crippen molar-refractivity contribution in [3.05, 3.63) is 64.4 Å². The van der Waals surface area contributed by atoms with Gasteiger partial charge in [0.15, 0.2) is 0 Å². The van der Waals surface area contributed by atoms with Crippen molar-refractivity contribution in [1.29, 1.82) is 0 Å². The van der Waals surface area contributed by atoms with Crippen LogP contribution in [0.5, 0.6) is 0 Å². The standard InChI is InChI=1S/C22H17N3O5/c26-21-19-14-5-6-15(17-9-16(14)17)20(19)22(27)24(21)23-10-13-4-7-18(30-13)11-2-1-3-12(8-11)25(28)29/h1-8,10,14-17,19-20H,9H2/b23-10-/t14-,15-,16-,17+,19+,20-/m1/s1. The second kappa shape index (κ2) is 5.98. The van der Waals surface area contributed by atoms with Crippen LogP contribution in [0.2, 0.25) is 0 Å². The van der Waals surface area contributed by atoms with Gasteiger partial charge < -0.3 is 4.42 Å². The molecule has 8 heteroatoms. The summed E-state index contributed by atoms with van der Waals surface area (Å²) in [7, 11) is 0. The molecule has 2 heterocycles. The average molecular weight is 403 g/mol. The van der Waals surface area contributed by atoms with Crippen molar-refractivity contribution >= 4 is 23.7 Å². The molecule has 0 spiro atoms. The summed E-state index contributed by atoms with van der Waals surface area (Å²) in [5.74, 6) is 1.18. The highest BCUT2D eigenvalue weighted by Crippen LogP contribution is 2.65. The smallest absolute Gasteiger partial charge is 0.270 e. The molecule has 2 amide bonds. The number of rotatable bonds is 4. The average Bonchev–Trinajstić information content (AvgIpc) is 3.39. The number of nitro groups is 1. The van der Waals surface area contributed by atoms with E-state index in [0.29, 0.717) is 28.9 Å². The van der Waals surface area contributed by atoms with Crippen LogP contribution in [0, 0.1) is 45.6 Å². The number of allylic oxidation sites excluding steroid dienone is 2. The molecule has 30 heavy (non-hydrogen) atoms. The Morgan fingerprint density at radius 3 is 2.43 bits per heavy atom. The lowest BCUT2D eigenvalue weighted by molar-refractivity contribution is -0.384. The zero-order valence-corrected chi connectivity index (χ0v) is 15.8. The van der Waals surface area contributed by atoms with Crippen LogP contribution in [0.4, 0.5) is 5.69 Å². The van der Waals surface area contributed by atoms with Gasteiger partial charge in [-0.1, -0.05) is 24.3 Å². The number of amides is 2. The lowest BCUT2D eigenvalue weighted by atomic mass is 9.63. The molecule has 2 aromatic rings. The van der Waals surface area contributed by atoms with Crippen molar-refractivity contribution in [3.8, 4) is 11.3 Å². The maximum Gasteiger partial charge on any atom is 0.270 e. The maximum atomic E-state index is 12.9. The van der Waals surface area contributed by atoms with Gasteiger partial charge in [0.2, 0.25) is 0 Å². The fourth-order valence-electron chi connectivity index (χ4n) is 5.52. The summed E-state index contributed by atoms with van der Waals surface area (Å²) in [4.78, 5) is 36.3. The molecule has 7 rings (SSSR count). The summed E-state index contributed by atoms with van der Waals surface area (Å²) in [6.45, 7) is 0.